The van der Waals surface area contributed by atoms with Crippen LogP contribution in [0.15, 0.2) is 32.8 Å². The lowest BCUT2D eigenvalue weighted by atomic mass is 10.1. The van der Waals surface area contributed by atoms with Crippen molar-refractivity contribution in [2.45, 2.75) is 32.0 Å². The van der Waals surface area contributed by atoms with Gasteiger partial charge in [0.1, 0.15) is 0 Å². The summed E-state index contributed by atoms with van der Waals surface area (Å²) in [6.07, 6.45) is 2.11. The van der Waals surface area contributed by atoms with Gasteiger partial charge in [0.15, 0.2) is 10.9 Å². The minimum absolute atomic E-state index is 0.0335. The number of hydrogen-bond donors (Lipinski definition) is 0. The van der Waals surface area contributed by atoms with Crippen molar-refractivity contribution in [2.75, 3.05) is 31.9 Å². The summed E-state index contributed by atoms with van der Waals surface area (Å²) in [5, 5.41) is 0.697. The predicted molar refractivity (Wildman–Crippen MR) is 108 cm³/mol. The lowest BCUT2D eigenvalue weighted by molar-refractivity contribution is -0.136. The van der Waals surface area contributed by atoms with E-state index in [2.05, 4.69) is 4.98 Å². The van der Waals surface area contributed by atoms with E-state index in [9.17, 15) is 14.4 Å². The third kappa shape index (κ3) is 3.71. The standard InChI is InChI=1S/C20H24N4O4S/c1-3-15-13(2)21-20-24(18(15)26)11-14(12-29-20)17(25)22-6-8-23(9-7-22)19(27)16-5-4-10-28-16/h4-5,10,14H,3,6-9,11-12H2,1-2H3/t14-/m1/s1. The van der Waals surface area contributed by atoms with Crippen LogP contribution in [0.1, 0.15) is 28.7 Å². The summed E-state index contributed by atoms with van der Waals surface area (Å²) in [6.45, 7) is 6.10. The van der Waals surface area contributed by atoms with Crippen molar-refractivity contribution in [1.82, 2.24) is 19.4 Å². The highest BCUT2D eigenvalue weighted by molar-refractivity contribution is 7.99. The van der Waals surface area contributed by atoms with Gasteiger partial charge in [-0.1, -0.05) is 18.7 Å². The van der Waals surface area contributed by atoms with E-state index in [0.29, 0.717) is 61.4 Å². The summed E-state index contributed by atoms with van der Waals surface area (Å²) in [7, 11) is 0. The molecular weight excluding hydrogens is 392 g/mol. The second-order valence-corrected chi connectivity index (χ2v) is 8.32. The number of carbonyl (C=O) groups is 2. The largest absolute Gasteiger partial charge is 0.459 e. The Morgan fingerprint density at radius 3 is 2.62 bits per heavy atom. The van der Waals surface area contributed by atoms with E-state index in [1.54, 1.807) is 26.5 Å². The molecule has 1 atom stereocenters. The molecule has 0 radical (unpaired) electrons. The fourth-order valence-electron chi connectivity index (χ4n) is 3.90. The third-order valence-corrected chi connectivity index (χ3v) is 6.70. The van der Waals surface area contributed by atoms with Crippen LogP contribution in [0.4, 0.5) is 0 Å². The highest BCUT2D eigenvalue weighted by Crippen LogP contribution is 2.27. The summed E-state index contributed by atoms with van der Waals surface area (Å²) >= 11 is 1.47. The Kier molecular flexibility index (Phi) is 5.49. The van der Waals surface area contributed by atoms with E-state index in [0.717, 1.165) is 5.69 Å². The average molecular weight is 417 g/mol. The summed E-state index contributed by atoms with van der Waals surface area (Å²) in [5.74, 6) is 0.565. The molecule has 0 unspecified atom stereocenters. The zero-order valence-electron chi connectivity index (χ0n) is 16.6. The molecule has 2 aliphatic heterocycles. The first kappa shape index (κ1) is 19.8. The molecule has 0 aromatic carbocycles. The topological polar surface area (TPSA) is 88.7 Å². The normalized spacial score (nSPS) is 19.2. The number of nitrogens with zero attached hydrogens (tertiary/aromatic N) is 4. The fourth-order valence-corrected chi connectivity index (χ4v) is 5.01. The van der Waals surface area contributed by atoms with Crippen LogP contribution < -0.4 is 5.56 Å². The fraction of sp³-hybridized carbons (Fsp3) is 0.500. The van der Waals surface area contributed by atoms with Gasteiger partial charge in [-0.2, -0.15) is 0 Å². The van der Waals surface area contributed by atoms with E-state index in [1.165, 1.54) is 18.0 Å². The molecule has 4 heterocycles. The second kappa shape index (κ2) is 8.06. The van der Waals surface area contributed by atoms with Gasteiger partial charge >= 0.3 is 0 Å². The summed E-state index contributed by atoms with van der Waals surface area (Å²) in [6, 6.07) is 3.34. The predicted octanol–water partition coefficient (Wildman–Crippen LogP) is 1.41. The zero-order chi connectivity index (χ0) is 20.5. The van der Waals surface area contributed by atoms with Gasteiger partial charge in [0.2, 0.25) is 5.91 Å². The molecular formula is C20H24N4O4S. The lowest BCUT2D eigenvalue weighted by Gasteiger charge is -2.37. The average Bonchev–Trinajstić information content (AvgIpc) is 3.28. The van der Waals surface area contributed by atoms with Crippen molar-refractivity contribution in [2.24, 2.45) is 5.92 Å². The number of piperazine rings is 1. The summed E-state index contributed by atoms with van der Waals surface area (Å²) < 4.78 is 6.83. The molecule has 2 aromatic rings. The Morgan fingerprint density at radius 2 is 1.97 bits per heavy atom. The Morgan fingerprint density at radius 1 is 1.24 bits per heavy atom. The maximum Gasteiger partial charge on any atom is 0.289 e. The number of fused-ring (bicyclic) bond motifs is 1. The minimum atomic E-state index is -0.258. The highest BCUT2D eigenvalue weighted by Gasteiger charge is 2.33. The Balaban J connectivity index is 1.42. The maximum absolute atomic E-state index is 13.1. The van der Waals surface area contributed by atoms with Gasteiger partial charge in [-0.25, -0.2) is 4.98 Å². The quantitative estimate of drug-likeness (QED) is 0.703. The monoisotopic (exact) mass is 416 g/mol. The van der Waals surface area contributed by atoms with Gasteiger partial charge in [-0.05, 0) is 25.5 Å². The van der Waals surface area contributed by atoms with Crippen molar-refractivity contribution >= 4 is 23.6 Å². The molecule has 2 aromatic heterocycles. The number of aromatic nitrogens is 2. The van der Waals surface area contributed by atoms with Gasteiger partial charge in [-0.3, -0.25) is 19.0 Å². The van der Waals surface area contributed by atoms with Crippen LogP contribution in [0, 0.1) is 12.8 Å². The Labute approximate surface area is 172 Å². The summed E-state index contributed by atoms with van der Waals surface area (Å²) in [5.41, 5.74) is 1.46. The van der Waals surface area contributed by atoms with Crippen LogP contribution >= 0.6 is 11.8 Å². The van der Waals surface area contributed by atoms with Gasteiger partial charge < -0.3 is 14.2 Å². The first-order chi connectivity index (χ1) is 14.0. The molecule has 1 fully saturated rings. The van der Waals surface area contributed by atoms with Crippen molar-refractivity contribution in [3.8, 4) is 0 Å². The lowest BCUT2D eigenvalue weighted by Crippen LogP contribution is -2.53. The van der Waals surface area contributed by atoms with E-state index in [1.807, 2.05) is 13.8 Å². The van der Waals surface area contributed by atoms with Crippen molar-refractivity contribution < 1.29 is 14.0 Å². The van der Waals surface area contributed by atoms with Crippen LogP contribution in [0.3, 0.4) is 0 Å². The molecule has 0 saturated carbocycles. The summed E-state index contributed by atoms with van der Waals surface area (Å²) in [4.78, 5) is 46.3. The van der Waals surface area contributed by atoms with Crippen molar-refractivity contribution in [3.63, 3.8) is 0 Å². The van der Waals surface area contributed by atoms with Crippen LogP contribution in [0.5, 0.6) is 0 Å². The smallest absolute Gasteiger partial charge is 0.289 e. The van der Waals surface area contributed by atoms with E-state index >= 15 is 0 Å². The molecule has 2 aliphatic rings. The molecule has 8 nitrogen and oxygen atoms in total. The van der Waals surface area contributed by atoms with Crippen LogP contribution in [-0.4, -0.2) is 63.1 Å². The molecule has 2 amide bonds. The number of amides is 2. The third-order valence-electron chi connectivity index (χ3n) is 5.56. The van der Waals surface area contributed by atoms with Gasteiger partial charge in [0, 0.05) is 49.7 Å². The second-order valence-electron chi connectivity index (χ2n) is 7.33. The van der Waals surface area contributed by atoms with E-state index < -0.39 is 0 Å². The first-order valence-corrected chi connectivity index (χ1v) is 10.8. The number of hydrogen-bond acceptors (Lipinski definition) is 6. The maximum atomic E-state index is 13.1. The number of rotatable bonds is 3. The Hall–Kier alpha value is -2.55. The highest BCUT2D eigenvalue weighted by atomic mass is 32.2. The minimum Gasteiger partial charge on any atom is -0.459 e. The number of carbonyl (C=O) groups excluding carboxylic acids is 2. The molecule has 0 N–H and O–H groups in total. The van der Waals surface area contributed by atoms with E-state index in [-0.39, 0.29) is 23.3 Å². The van der Waals surface area contributed by atoms with Crippen LogP contribution in [0.2, 0.25) is 0 Å². The van der Waals surface area contributed by atoms with Crippen LogP contribution in [0.25, 0.3) is 0 Å². The molecule has 9 heteroatoms. The molecule has 0 spiro atoms. The van der Waals surface area contributed by atoms with Gasteiger partial charge in [-0.15, -0.1) is 0 Å². The Bertz CT molecular complexity index is 977. The molecule has 0 aliphatic carbocycles. The van der Waals surface area contributed by atoms with Crippen LogP contribution in [-0.2, 0) is 17.8 Å². The number of thioether (sulfide) groups is 1. The van der Waals surface area contributed by atoms with Crippen molar-refractivity contribution in [1.29, 1.82) is 0 Å². The molecule has 154 valence electrons. The van der Waals surface area contributed by atoms with Gasteiger partial charge in [0.25, 0.3) is 11.5 Å². The number of aryl methyl sites for hydroxylation is 1. The van der Waals surface area contributed by atoms with Crippen molar-refractivity contribution in [3.05, 3.63) is 45.8 Å². The first-order valence-electron chi connectivity index (χ1n) is 9.84. The van der Waals surface area contributed by atoms with Gasteiger partial charge in [0.05, 0.1) is 12.2 Å². The zero-order valence-corrected chi connectivity index (χ0v) is 17.4. The van der Waals surface area contributed by atoms with E-state index in [4.69, 9.17) is 4.42 Å². The molecule has 29 heavy (non-hydrogen) atoms. The molecule has 0 bridgehead atoms. The SMILES string of the molecule is CCc1c(C)nc2n(c1=O)C[C@@H](C(=O)N1CCN(C(=O)c3ccco3)CC1)CS2. The molecule has 1 saturated heterocycles. The molecule has 4 rings (SSSR count). The number of furan rings is 1.